The van der Waals surface area contributed by atoms with Crippen LogP contribution < -0.4 is 0 Å². The molecule has 0 saturated heterocycles. The van der Waals surface area contributed by atoms with E-state index in [0.717, 1.165) is 23.7 Å². The molecule has 0 aromatic heterocycles. The van der Waals surface area contributed by atoms with Crippen LogP contribution in [0.15, 0.2) is 0 Å². The molecule has 0 bridgehead atoms. The van der Waals surface area contributed by atoms with Crippen LogP contribution in [0, 0.1) is 23.7 Å². The Morgan fingerprint density at radius 1 is 0.700 bits per heavy atom. The van der Waals surface area contributed by atoms with Crippen molar-refractivity contribution in [3.63, 3.8) is 0 Å². The number of hydrogen-bond donors (Lipinski definition) is 0. The molecular weight excluding hydrogens is 240 g/mol. The SMILES string of the molecule is CCCCCCC(C)CC(C)C(C)C(CC)CCCC. The van der Waals surface area contributed by atoms with Crippen LogP contribution in [0.5, 0.6) is 0 Å². The minimum Gasteiger partial charge on any atom is -0.0654 e. The van der Waals surface area contributed by atoms with Crippen molar-refractivity contribution in [1.29, 1.82) is 0 Å². The molecule has 0 rings (SSSR count). The average molecular weight is 283 g/mol. The van der Waals surface area contributed by atoms with Crippen LogP contribution in [0.2, 0.25) is 0 Å². The van der Waals surface area contributed by atoms with Gasteiger partial charge in [0.05, 0.1) is 0 Å². The first kappa shape index (κ1) is 20.0. The normalized spacial score (nSPS) is 17.7. The van der Waals surface area contributed by atoms with E-state index in [1.807, 2.05) is 0 Å². The van der Waals surface area contributed by atoms with Gasteiger partial charge in [-0.05, 0) is 30.1 Å². The molecule has 0 aliphatic heterocycles. The highest BCUT2D eigenvalue weighted by Gasteiger charge is 2.22. The second kappa shape index (κ2) is 12.7. The van der Waals surface area contributed by atoms with Gasteiger partial charge >= 0.3 is 0 Å². The van der Waals surface area contributed by atoms with Crippen molar-refractivity contribution < 1.29 is 0 Å². The van der Waals surface area contributed by atoms with Gasteiger partial charge in [-0.2, -0.15) is 0 Å². The molecule has 0 saturated carbocycles. The predicted molar refractivity (Wildman–Crippen MR) is 94.2 cm³/mol. The van der Waals surface area contributed by atoms with Crippen LogP contribution in [0.3, 0.4) is 0 Å². The summed E-state index contributed by atoms with van der Waals surface area (Å²) in [5.41, 5.74) is 0. The maximum atomic E-state index is 2.51. The lowest BCUT2D eigenvalue weighted by Crippen LogP contribution is -2.20. The molecule has 122 valence electrons. The monoisotopic (exact) mass is 282 g/mol. The van der Waals surface area contributed by atoms with Gasteiger partial charge in [0, 0.05) is 0 Å². The zero-order valence-electron chi connectivity index (χ0n) is 15.4. The summed E-state index contributed by atoms with van der Waals surface area (Å²) >= 11 is 0. The van der Waals surface area contributed by atoms with E-state index in [2.05, 4.69) is 41.5 Å². The van der Waals surface area contributed by atoms with Crippen molar-refractivity contribution >= 4 is 0 Å². The van der Waals surface area contributed by atoms with E-state index < -0.39 is 0 Å². The minimum atomic E-state index is 0.901. The lowest BCUT2D eigenvalue weighted by Gasteiger charge is -2.30. The van der Waals surface area contributed by atoms with E-state index in [1.165, 1.54) is 64.2 Å². The Morgan fingerprint density at radius 2 is 1.35 bits per heavy atom. The van der Waals surface area contributed by atoms with Crippen molar-refractivity contribution in [2.45, 2.75) is 106 Å². The third-order valence-electron chi connectivity index (χ3n) is 5.42. The molecule has 0 radical (unpaired) electrons. The lowest BCUT2D eigenvalue weighted by atomic mass is 9.76. The third kappa shape index (κ3) is 9.03. The van der Waals surface area contributed by atoms with Crippen molar-refractivity contribution in [3.8, 4) is 0 Å². The van der Waals surface area contributed by atoms with E-state index in [-0.39, 0.29) is 0 Å². The molecule has 4 unspecified atom stereocenters. The molecule has 4 atom stereocenters. The second-order valence-corrected chi connectivity index (χ2v) is 7.34. The first-order valence-electron chi connectivity index (χ1n) is 9.56. The molecule has 0 N–H and O–H groups in total. The summed E-state index contributed by atoms with van der Waals surface area (Å²) in [6.45, 7) is 14.5. The van der Waals surface area contributed by atoms with Crippen molar-refractivity contribution in [3.05, 3.63) is 0 Å². The van der Waals surface area contributed by atoms with Gasteiger partial charge in [0.1, 0.15) is 0 Å². The molecule has 0 heterocycles. The maximum absolute atomic E-state index is 2.51. The summed E-state index contributed by atoms with van der Waals surface area (Å²) in [7, 11) is 0. The quantitative estimate of drug-likeness (QED) is 0.307. The van der Waals surface area contributed by atoms with Gasteiger partial charge in [0.15, 0.2) is 0 Å². The van der Waals surface area contributed by atoms with Crippen molar-refractivity contribution in [1.82, 2.24) is 0 Å². The van der Waals surface area contributed by atoms with Crippen LogP contribution in [-0.2, 0) is 0 Å². The van der Waals surface area contributed by atoms with E-state index in [0.29, 0.717) is 0 Å². The van der Waals surface area contributed by atoms with Gasteiger partial charge < -0.3 is 0 Å². The van der Waals surface area contributed by atoms with Crippen LogP contribution >= 0.6 is 0 Å². The first-order chi connectivity index (χ1) is 9.56. The van der Waals surface area contributed by atoms with Gasteiger partial charge in [-0.3, -0.25) is 0 Å². The highest BCUT2D eigenvalue weighted by Crippen LogP contribution is 2.32. The Labute approximate surface area is 130 Å². The van der Waals surface area contributed by atoms with Crippen molar-refractivity contribution in [2.24, 2.45) is 23.7 Å². The molecule has 0 aliphatic carbocycles. The molecule has 0 nitrogen and oxygen atoms in total. The summed E-state index contributed by atoms with van der Waals surface area (Å²) in [6.07, 6.45) is 14.2. The number of unbranched alkanes of at least 4 members (excludes halogenated alkanes) is 4. The Balaban J connectivity index is 3.99. The number of hydrogen-bond acceptors (Lipinski definition) is 0. The summed E-state index contributed by atoms with van der Waals surface area (Å²) in [6, 6.07) is 0. The van der Waals surface area contributed by atoms with Gasteiger partial charge in [-0.25, -0.2) is 0 Å². The van der Waals surface area contributed by atoms with Crippen LogP contribution in [0.25, 0.3) is 0 Å². The van der Waals surface area contributed by atoms with Crippen LogP contribution in [0.4, 0.5) is 0 Å². The zero-order valence-corrected chi connectivity index (χ0v) is 15.4. The Morgan fingerprint density at radius 3 is 1.90 bits per heavy atom. The molecule has 0 amide bonds. The second-order valence-electron chi connectivity index (χ2n) is 7.34. The maximum Gasteiger partial charge on any atom is -0.0389 e. The van der Waals surface area contributed by atoms with Crippen molar-refractivity contribution in [2.75, 3.05) is 0 Å². The predicted octanol–water partition coefficient (Wildman–Crippen LogP) is 7.47. The van der Waals surface area contributed by atoms with E-state index >= 15 is 0 Å². The Hall–Kier alpha value is 0. The van der Waals surface area contributed by atoms with Crippen LogP contribution in [-0.4, -0.2) is 0 Å². The van der Waals surface area contributed by atoms with Gasteiger partial charge in [-0.15, -0.1) is 0 Å². The first-order valence-corrected chi connectivity index (χ1v) is 9.56. The van der Waals surface area contributed by atoms with Gasteiger partial charge in [-0.1, -0.05) is 99.3 Å². The topological polar surface area (TPSA) is 0 Å². The molecule has 0 aromatic carbocycles. The summed E-state index contributed by atoms with van der Waals surface area (Å²) in [5.74, 6) is 3.69. The standard InChI is InChI=1S/C20H42/c1-7-10-12-13-14-17(4)16-18(5)19(6)20(9-3)15-11-8-2/h17-20H,7-16H2,1-6H3. The molecule has 0 aliphatic rings. The minimum absolute atomic E-state index is 0.901. The molecule has 0 aromatic rings. The summed E-state index contributed by atoms with van der Waals surface area (Å²) in [4.78, 5) is 0. The highest BCUT2D eigenvalue weighted by molar-refractivity contribution is 4.72. The molecule has 0 spiro atoms. The Bertz CT molecular complexity index is 196. The summed E-state index contributed by atoms with van der Waals surface area (Å²) in [5, 5.41) is 0. The molecule has 20 heavy (non-hydrogen) atoms. The smallest absolute Gasteiger partial charge is 0.0389 e. The molecule has 0 fully saturated rings. The Kier molecular flexibility index (Phi) is 12.7. The van der Waals surface area contributed by atoms with Gasteiger partial charge in [0.25, 0.3) is 0 Å². The average Bonchev–Trinajstić information content (AvgIpc) is 2.44. The fourth-order valence-corrected chi connectivity index (χ4v) is 3.66. The van der Waals surface area contributed by atoms with E-state index in [4.69, 9.17) is 0 Å². The molecular formula is C20H42. The zero-order chi connectivity index (χ0) is 15.4. The van der Waals surface area contributed by atoms with Gasteiger partial charge in [0.2, 0.25) is 0 Å². The lowest BCUT2D eigenvalue weighted by molar-refractivity contribution is 0.205. The summed E-state index contributed by atoms with van der Waals surface area (Å²) < 4.78 is 0. The van der Waals surface area contributed by atoms with E-state index in [1.54, 1.807) is 0 Å². The van der Waals surface area contributed by atoms with Crippen LogP contribution in [0.1, 0.15) is 106 Å². The fourth-order valence-electron chi connectivity index (χ4n) is 3.66. The third-order valence-corrected chi connectivity index (χ3v) is 5.42. The highest BCUT2D eigenvalue weighted by atomic mass is 14.3. The fraction of sp³-hybridized carbons (Fsp3) is 1.00. The number of rotatable bonds is 13. The largest absolute Gasteiger partial charge is 0.0654 e. The molecule has 0 heteroatoms. The van der Waals surface area contributed by atoms with E-state index in [9.17, 15) is 0 Å².